The van der Waals surface area contributed by atoms with Crippen molar-refractivity contribution in [2.24, 2.45) is 0 Å². The van der Waals surface area contributed by atoms with E-state index in [-0.39, 0.29) is 11.7 Å². The molecule has 152 valence electrons. The first-order chi connectivity index (χ1) is 13.1. The molecule has 0 fully saturated rings. The fraction of sp³-hybridized carbons (Fsp3) is 0.708. The highest BCUT2D eigenvalue weighted by atomic mass is 16.6. The number of phenols is 1. The summed E-state index contributed by atoms with van der Waals surface area (Å²) in [6.45, 7) is 4.46. The molecule has 0 unspecified atom stereocenters. The number of unbranched alkanes of at least 4 members (excludes halogenated alkanes) is 10. The minimum atomic E-state index is -0.618. The molecule has 0 amide bonds. The van der Waals surface area contributed by atoms with E-state index < -0.39 is 5.60 Å². The third-order valence-corrected chi connectivity index (χ3v) is 5.87. The number of esters is 1. The number of carbonyl (C=O) groups is 1. The number of aromatic hydroxyl groups is 1. The van der Waals surface area contributed by atoms with E-state index in [1.807, 2.05) is 0 Å². The zero-order valence-electron chi connectivity index (χ0n) is 17.4. The third kappa shape index (κ3) is 5.99. The molecule has 0 saturated heterocycles. The van der Waals surface area contributed by atoms with Crippen molar-refractivity contribution in [3.8, 4) is 5.75 Å². The van der Waals surface area contributed by atoms with Crippen LogP contribution in [0.3, 0.4) is 0 Å². The molecule has 1 aromatic rings. The number of benzene rings is 1. The molecule has 1 heterocycles. The van der Waals surface area contributed by atoms with Crippen LogP contribution in [0.2, 0.25) is 0 Å². The summed E-state index contributed by atoms with van der Waals surface area (Å²) in [6, 6.07) is 5.22. The highest BCUT2D eigenvalue weighted by molar-refractivity contribution is 5.95. The van der Waals surface area contributed by atoms with Gasteiger partial charge in [-0.15, -0.1) is 0 Å². The van der Waals surface area contributed by atoms with Crippen LogP contribution in [-0.2, 0) is 10.3 Å². The van der Waals surface area contributed by atoms with Crippen LogP contribution in [0.15, 0.2) is 18.2 Å². The quantitative estimate of drug-likeness (QED) is 0.275. The smallest absolute Gasteiger partial charge is 0.339 e. The number of fused-ring (bicyclic) bond motifs is 1. The molecule has 0 saturated carbocycles. The highest BCUT2D eigenvalue weighted by Gasteiger charge is 2.46. The number of carbonyl (C=O) groups excluding carboxylic acids is 1. The molecule has 0 atom stereocenters. The molecule has 3 heteroatoms. The molecular weight excluding hydrogens is 336 g/mol. The Morgan fingerprint density at radius 3 is 1.89 bits per heavy atom. The summed E-state index contributed by atoms with van der Waals surface area (Å²) >= 11 is 0. The van der Waals surface area contributed by atoms with Crippen LogP contribution < -0.4 is 0 Å². The maximum Gasteiger partial charge on any atom is 0.339 e. The lowest BCUT2D eigenvalue weighted by molar-refractivity contribution is -0.0210. The number of cyclic esters (lactones) is 1. The standard InChI is InChI=1S/C24H38O3/c1-3-5-7-9-11-13-18-24(19-14-12-10-8-6-4-2)22-20(23(26)27-24)16-15-17-21(22)25/h15-17,25H,3-14,18-19H2,1-2H3. The number of rotatable bonds is 14. The summed E-state index contributed by atoms with van der Waals surface area (Å²) in [6.07, 6.45) is 16.2. The fourth-order valence-corrected chi connectivity index (χ4v) is 4.33. The van der Waals surface area contributed by atoms with Gasteiger partial charge >= 0.3 is 5.97 Å². The molecule has 0 radical (unpaired) electrons. The largest absolute Gasteiger partial charge is 0.507 e. The monoisotopic (exact) mass is 374 g/mol. The molecule has 0 aliphatic carbocycles. The van der Waals surface area contributed by atoms with Crippen molar-refractivity contribution in [3.63, 3.8) is 0 Å². The summed E-state index contributed by atoms with van der Waals surface area (Å²) < 4.78 is 5.96. The van der Waals surface area contributed by atoms with Gasteiger partial charge in [0.05, 0.1) is 11.1 Å². The van der Waals surface area contributed by atoms with Gasteiger partial charge in [0, 0.05) is 0 Å². The Bertz CT molecular complexity index is 563. The molecule has 0 aromatic heterocycles. The van der Waals surface area contributed by atoms with Crippen molar-refractivity contribution in [3.05, 3.63) is 29.3 Å². The van der Waals surface area contributed by atoms with Gasteiger partial charge in [-0.1, -0.05) is 84.1 Å². The Labute approximate surface area is 165 Å². The minimum Gasteiger partial charge on any atom is -0.507 e. The molecular formula is C24H38O3. The van der Waals surface area contributed by atoms with Gasteiger partial charge in [-0.05, 0) is 37.8 Å². The van der Waals surface area contributed by atoms with E-state index in [2.05, 4.69) is 13.8 Å². The van der Waals surface area contributed by atoms with Crippen molar-refractivity contribution in [2.45, 2.75) is 109 Å². The molecule has 1 aliphatic heterocycles. The summed E-state index contributed by atoms with van der Waals surface area (Å²) in [5, 5.41) is 10.5. The van der Waals surface area contributed by atoms with E-state index in [9.17, 15) is 9.90 Å². The van der Waals surface area contributed by atoms with Crippen LogP contribution in [0.5, 0.6) is 5.75 Å². The molecule has 1 N–H and O–H groups in total. The van der Waals surface area contributed by atoms with Gasteiger partial charge in [-0.3, -0.25) is 0 Å². The van der Waals surface area contributed by atoms with E-state index in [4.69, 9.17) is 4.74 Å². The lowest BCUT2D eigenvalue weighted by Gasteiger charge is -2.29. The SMILES string of the molecule is CCCCCCCCC1(CCCCCCCC)OC(=O)c2cccc(O)c21. The van der Waals surface area contributed by atoms with Gasteiger partial charge < -0.3 is 9.84 Å². The van der Waals surface area contributed by atoms with E-state index in [0.717, 1.165) is 31.2 Å². The van der Waals surface area contributed by atoms with Crippen molar-refractivity contribution in [1.29, 1.82) is 0 Å². The second kappa shape index (κ2) is 11.4. The van der Waals surface area contributed by atoms with Gasteiger partial charge in [-0.25, -0.2) is 4.79 Å². The van der Waals surface area contributed by atoms with E-state index in [1.54, 1.807) is 18.2 Å². The van der Waals surface area contributed by atoms with Gasteiger partial charge in [0.25, 0.3) is 0 Å². The van der Waals surface area contributed by atoms with Gasteiger partial charge in [0.2, 0.25) is 0 Å². The molecule has 0 bridgehead atoms. The first-order valence-electron chi connectivity index (χ1n) is 11.2. The van der Waals surface area contributed by atoms with Crippen LogP contribution in [-0.4, -0.2) is 11.1 Å². The zero-order valence-corrected chi connectivity index (χ0v) is 17.4. The average molecular weight is 375 g/mol. The molecule has 1 aliphatic rings. The number of ether oxygens (including phenoxy) is 1. The predicted molar refractivity (Wildman–Crippen MR) is 111 cm³/mol. The number of phenolic OH excluding ortho intramolecular Hbond substituents is 1. The number of hydrogen-bond donors (Lipinski definition) is 1. The summed E-state index contributed by atoms with van der Waals surface area (Å²) in [7, 11) is 0. The van der Waals surface area contributed by atoms with Crippen LogP contribution in [0.4, 0.5) is 0 Å². The topological polar surface area (TPSA) is 46.5 Å². The molecule has 0 spiro atoms. The fourth-order valence-electron chi connectivity index (χ4n) is 4.33. The normalized spacial score (nSPS) is 15.0. The maximum atomic E-state index is 12.4. The van der Waals surface area contributed by atoms with E-state index >= 15 is 0 Å². The number of hydrogen-bond acceptors (Lipinski definition) is 3. The molecule has 3 nitrogen and oxygen atoms in total. The van der Waals surface area contributed by atoms with Crippen LogP contribution in [0.25, 0.3) is 0 Å². The Morgan fingerprint density at radius 1 is 0.815 bits per heavy atom. The Morgan fingerprint density at radius 2 is 1.33 bits per heavy atom. The molecule has 27 heavy (non-hydrogen) atoms. The van der Waals surface area contributed by atoms with E-state index in [1.165, 1.54) is 64.2 Å². The summed E-state index contributed by atoms with van der Waals surface area (Å²) in [5.41, 5.74) is 0.692. The summed E-state index contributed by atoms with van der Waals surface area (Å²) in [4.78, 5) is 12.4. The van der Waals surface area contributed by atoms with Crippen molar-refractivity contribution in [1.82, 2.24) is 0 Å². The van der Waals surface area contributed by atoms with Crippen molar-refractivity contribution < 1.29 is 14.6 Å². The van der Waals surface area contributed by atoms with Gasteiger partial charge in [-0.2, -0.15) is 0 Å². The van der Waals surface area contributed by atoms with Crippen LogP contribution >= 0.6 is 0 Å². The predicted octanol–water partition coefficient (Wildman–Crippen LogP) is 7.26. The second-order valence-electron chi connectivity index (χ2n) is 8.12. The van der Waals surface area contributed by atoms with Crippen LogP contribution in [0.1, 0.15) is 120 Å². The Kier molecular flexibility index (Phi) is 9.17. The van der Waals surface area contributed by atoms with Gasteiger partial charge in [0.1, 0.15) is 11.4 Å². The lowest BCUT2D eigenvalue weighted by atomic mass is 9.82. The lowest BCUT2D eigenvalue weighted by Crippen LogP contribution is -2.26. The maximum absolute atomic E-state index is 12.4. The zero-order chi connectivity index (χ0) is 19.5. The van der Waals surface area contributed by atoms with Crippen molar-refractivity contribution >= 4 is 5.97 Å². The van der Waals surface area contributed by atoms with Crippen LogP contribution in [0, 0.1) is 0 Å². The molecule has 1 aromatic carbocycles. The summed E-state index contributed by atoms with van der Waals surface area (Å²) in [5.74, 6) is -0.0480. The van der Waals surface area contributed by atoms with Crippen molar-refractivity contribution in [2.75, 3.05) is 0 Å². The first-order valence-corrected chi connectivity index (χ1v) is 11.2. The first kappa shape index (κ1) is 21.8. The van der Waals surface area contributed by atoms with Gasteiger partial charge in [0.15, 0.2) is 0 Å². The third-order valence-electron chi connectivity index (χ3n) is 5.87. The Hall–Kier alpha value is -1.51. The van der Waals surface area contributed by atoms with E-state index in [0.29, 0.717) is 5.56 Å². The molecule has 2 rings (SSSR count). The Balaban J connectivity index is 2.01. The second-order valence-corrected chi connectivity index (χ2v) is 8.12. The minimum absolute atomic E-state index is 0.218. The average Bonchev–Trinajstić information content (AvgIpc) is 2.95. The highest BCUT2D eigenvalue weighted by Crippen LogP contribution is 2.48.